The molecule has 9 rings (SSSR count). The molecule has 0 unspecified atom stereocenters. The van der Waals surface area contributed by atoms with Crippen LogP contribution in [0, 0.1) is 0 Å². The van der Waals surface area contributed by atoms with Gasteiger partial charge in [-0.25, -0.2) is 24.3 Å². The highest BCUT2D eigenvalue weighted by Crippen LogP contribution is 2.33. The first kappa shape index (κ1) is 23.9. The van der Waals surface area contributed by atoms with Gasteiger partial charge in [-0.15, -0.1) is 0 Å². The van der Waals surface area contributed by atoms with Crippen LogP contribution in [0.15, 0.2) is 124 Å². The molecule has 0 fully saturated rings. The number of imidazole rings is 1. The molecule has 0 N–H and O–H groups in total. The van der Waals surface area contributed by atoms with Crippen molar-refractivity contribution < 1.29 is 4.42 Å². The molecule has 7 nitrogen and oxygen atoms in total. The fourth-order valence-electron chi connectivity index (χ4n) is 5.63. The molecule has 0 spiro atoms. The number of furan rings is 1. The monoisotopic (exact) mass is 573 g/mol. The third-order valence-corrected chi connectivity index (χ3v) is 8.74. The third-order valence-electron chi connectivity index (χ3n) is 7.71. The summed E-state index contributed by atoms with van der Waals surface area (Å²) in [5.41, 5.74) is 5.48. The Morgan fingerprint density at radius 2 is 1.21 bits per heavy atom. The van der Waals surface area contributed by atoms with Crippen LogP contribution in [-0.4, -0.2) is 24.3 Å². The van der Waals surface area contributed by atoms with E-state index in [0.29, 0.717) is 33.3 Å². The van der Waals surface area contributed by atoms with Gasteiger partial charge in [0, 0.05) is 32.2 Å². The molecule has 0 saturated heterocycles. The second-order valence-corrected chi connectivity index (χ2v) is 11.3. The predicted octanol–water partition coefficient (Wildman–Crippen LogP) is 8.15. The molecule has 0 bridgehead atoms. The molecular weight excluding hydrogens is 554 g/mol. The molecule has 8 heteroatoms. The van der Waals surface area contributed by atoms with Crippen LogP contribution in [0.4, 0.5) is 0 Å². The summed E-state index contributed by atoms with van der Waals surface area (Å²) in [6.07, 6.45) is 0. The smallest absolute Gasteiger partial charge is 0.266 e. The first-order valence-electron chi connectivity index (χ1n) is 13.8. The first-order chi connectivity index (χ1) is 21.2. The highest BCUT2D eigenvalue weighted by atomic mass is 32.1. The molecular formula is C35H19N5O2S. The summed E-state index contributed by atoms with van der Waals surface area (Å²) >= 11 is 1.50. The summed E-state index contributed by atoms with van der Waals surface area (Å²) in [6.45, 7) is 0. The highest BCUT2D eigenvalue weighted by Gasteiger charge is 2.17. The van der Waals surface area contributed by atoms with E-state index in [0.717, 1.165) is 48.8 Å². The van der Waals surface area contributed by atoms with E-state index < -0.39 is 0 Å². The van der Waals surface area contributed by atoms with Gasteiger partial charge in [-0.1, -0.05) is 78.1 Å². The Balaban J connectivity index is 1.24. The van der Waals surface area contributed by atoms with Gasteiger partial charge in [0.2, 0.25) is 0 Å². The number of hydrogen-bond donors (Lipinski definition) is 0. The fraction of sp³-hybridized carbons (Fsp3) is 0. The number of nitrogens with zero attached hydrogens (tertiary/aromatic N) is 5. The standard InChI is InChI=1S/C35H19N5O2S/c41-34-25-11-5-7-13-30(25)43-35-36-26-18-21(15-17-27(26)40(34)35)32-37-31(20-8-2-1-3-9-20)38-33(39-32)22-14-16-24-23-10-4-6-12-28(23)42-29(24)19-22/h1-19H. The lowest BCUT2D eigenvalue weighted by molar-refractivity contribution is 0.669. The Bertz CT molecular complexity index is 2600. The van der Waals surface area contributed by atoms with Crippen molar-refractivity contribution in [3.63, 3.8) is 0 Å². The maximum Gasteiger partial charge on any atom is 0.266 e. The third kappa shape index (κ3) is 3.77. The summed E-state index contributed by atoms with van der Waals surface area (Å²) in [6, 6.07) is 37.3. The van der Waals surface area contributed by atoms with E-state index in [9.17, 15) is 4.79 Å². The Labute approximate surface area is 247 Å². The Kier molecular flexibility index (Phi) is 5.08. The minimum Gasteiger partial charge on any atom is -0.456 e. The average Bonchev–Trinajstić information content (AvgIpc) is 3.62. The van der Waals surface area contributed by atoms with Crippen LogP contribution < -0.4 is 5.56 Å². The van der Waals surface area contributed by atoms with E-state index in [-0.39, 0.29) is 5.56 Å². The maximum atomic E-state index is 13.4. The van der Waals surface area contributed by atoms with Gasteiger partial charge >= 0.3 is 0 Å². The number of fused-ring (bicyclic) bond motifs is 7. The van der Waals surface area contributed by atoms with E-state index in [4.69, 9.17) is 24.4 Å². The summed E-state index contributed by atoms with van der Waals surface area (Å²) < 4.78 is 8.75. The quantitative estimate of drug-likeness (QED) is 0.212. The van der Waals surface area contributed by atoms with Crippen LogP contribution >= 0.6 is 11.3 Å². The summed E-state index contributed by atoms with van der Waals surface area (Å²) in [5.74, 6) is 1.62. The Morgan fingerprint density at radius 3 is 2.05 bits per heavy atom. The lowest BCUT2D eigenvalue weighted by Crippen LogP contribution is -2.11. The first-order valence-corrected chi connectivity index (χ1v) is 14.6. The highest BCUT2D eigenvalue weighted by molar-refractivity contribution is 7.23. The van der Waals surface area contributed by atoms with Gasteiger partial charge in [0.1, 0.15) is 11.2 Å². The van der Waals surface area contributed by atoms with Crippen molar-refractivity contribution in [1.29, 1.82) is 0 Å². The van der Waals surface area contributed by atoms with Crippen LogP contribution in [0.3, 0.4) is 0 Å². The molecule has 4 aromatic heterocycles. The minimum absolute atomic E-state index is 0.0746. The van der Waals surface area contributed by atoms with Gasteiger partial charge in [0.05, 0.1) is 16.4 Å². The summed E-state index contributed by atoms with van der Waals surface area (Å²) in [7, 11) is 0. The van der Waals surface area contributed by atoms with Crippen LogP contribution in [0.2, 0.25) is 0 Å². The topological polar surface area (TPSA) is 86.2 Å². The van der Waals surface area contributed by atoms with Gasteiger partial charge in [0.25, 0.3) is 5.56 Å². The minimum atomic E-state index is -0.0746. The second-order valence-electron chi connectivity index (χ2n) is 10.3. The van der Waals surface area contributed by atoms with E-state index >= 15 is 0 Å². The number of aromatic nitrogens is 5. The number of rotatable bonds is 3. The lowest BCUT2D eigenvalue weighted by Gasteiger charge is -2.08. The van der Waals surface area contributed by atoms with Gasteiger partial charge in [-0.2, -0.15) is 0 Å². The molecule has 0 atom stereocenters. The van der Waals surface area contributed by atoms with Crippen molar-refractivity contribution in [2.24, 2.45) is 0 Å². The number of hydrogen-bond acceptors (Lipinski definition) is 7. The van der Waals surface area contributed by atoms with Crippen molar-refractivity contribution in [1.82, 2.24) is 24.3 Å². The Morgan fingerprint density at radius 1 is 0.558 bits per heavy atom. The van der Waals surface area contributed by atoms with Gasteiger partial charge < -0.3 is 4.42 Å². The van der Waals surface area contributed by atoms with Crippen molar-refractivity contribution in [2.45, 2.75) is 0 Å². The molecule has 0 aliphatic heterocycles. The average molecular weight is 574 g/mol. The number of benzene rings is 5. The molecule has 0 radical (unpaired) electrons. The van der Waals surface area contributed by atoms with Gasteiger partial charge in [0.15, 0.2) is 22.4 Å². The van der Waals surface area contributed by atoms with Gasteiger partial charge in [-0.05, 0) is 48.5 Å². The number of para-hydroxylation sites is 1. The zero-order valence-electron chi connectivity index (χ0n) is 22.4. The lowest BCUT2D eigenvalue weighted by atomic mass is 10.1. The summed E-state index contributed by atoms with van der Waals surface area (Å²) in [4.78, 5) is 33.5. The van der Waals surface area contributed by atoms with Crippen molar-refractivity contribution >= 4 is 59.4 Å². The summed E-state index contributed by atoms with van der Waals surface area (Å²) in [5, 5.41) is 2.79. The molecule has 202 valence electrons. The maximum absolute atomic E-state index is 13.4. The van der Waals surface area contributed by atoms with E-state index in [2.05, 4.69) is 12.1 Å². The van der Waals surface area contributed by atoms with Crippen LogP contribution in [0.1, 0.15) is 0 Å². The molecule has 4 heterocycles. The van der Waals surface area contributed by atoms with Crippen molar-refractivity contribution in [2.75, 3.05) is 0 Å². The molecule has 5 aromatic carbocycles. The molecule has 43 heavy (non-hydrogen) atoms. The van der Waals surface area contributed by atoms with Gasteiger partial charge in [-0.3, -0.25) is 4.79 Å². The molecule has 0 amide bonds. The second kappa shape index (κ2) is 9.14. The molecule has 9 aromatic rings. The van der Waals surface area contributed by atoms with Crippen molar-refractivity contribution in [3.05, 3.63) is 126 Å². The molecule has 0 aliphatic rings. The van der Waals surface area contributed by atoms with E-state index in [1.165, 1.54) is 11.3 Å². The fourth-order valence-corrected chi connectivity index (χ4v) is 6.65. The zero-order valence-corrected chi connectivity index (χ0v) is 23.2. The largest absolute Gasteiger partial charge is 0.456 e. The van der Waals surface area contributed by atoms with E-state index in [1.54, 1.807) is 4.40 Å². The predicted molar refractivity (Wildman–Crippen MR) is 171 cm³/mol. The Hall–Kier alpha value is -5.73. The van der Waals surface area contributed by atoms with Crippen LogP contribution in [0.25, 0.3) is 82.2 Å². The van der Waals surface area contributed by atoms with E-state index in [1.807, 2.05) is 103 Å². The SMILES string of the molecule is O=c1c2ccccc2sc2nc3cc(-c4nc(-c5ccccc5)nc(-c5ccc6c(c5)oc5ccccc56)n4)ccc3n12. The zero-order chi connectivity index (χ0) is 28.5. The molecule has 0 saturated carbocycles. The van der Waals surface area contributed by atoms with Crippen LogP contribution in [0.5, 0.6) is 0 Å². The molecule has 0 aliphatic carbocycles. The van der Waals surface area contributed by atoms with Crippen LogP contribution in [-0.2, 0) is 0 Å². The normalized spacial score (nSPS) is 11.8. The van der Waals surface area contributed by atoms with Crippen molar-refractivity contribution in [3.8, 4) is 34.2 Å².